The summed E-state index contributed by atoms with van der Waals surface area (Å²) in [6, 6.07) is 9.33. The van der Waals surface area contributed by atoms with Gasteiger partial charge in [-0.2, -0.15) is 5.10 Å². The summed E-state index contributed by atoms with van der Waals surface area (Å²) < 4.78 is 6.74. The van der Waals surface area contributed by atoms with E-state index < -0.39 is 5.97 Å². The van der Waals surface area contributed by atoms with Gasteiger partial charge in [0, 0.05) is 17.8 Å². The third-order valence-corrected chi connectivity index (χ3v) is 3.32. The summed E-state index contributed by atoms with van der Waals surface area (Å²) in [6.07, 6.45) is 1.35. The Morgan fingerprint density at radius 1 is 1.33 bits per heavy atom. The van der Waals surface area contributed by atoms with Crippen molar-refractivity contribution in [1.82, 2.24) is 14.6 Å². The van der Waals surface area contributed by atoms with Gasteiger partial charge in [0.05, 0.1) is 24.1 Å². The Hall–Kier alpha value is -2.89. The summed E-state index contributed by atoms with van der Waals surface area (Å²) in [5, 5.41) is 13.6. The van der Waals surface area contributed by atoms with Crippen molar-refractivity contribution in [2.45, 2.75) is 6.92 Å². The molecule has 0 spiro atoms. The van der Waals surface area contributed by atoms with Crippen molar-refractivity contribution in [2.24, 2.45) is 0 Å². The molecule has 3 aromatic rings. The number of hydrogen-bond acceptors (Lipinski definition) is 4. The monoisotopic (exact) mass is 283 g/mol. The Morgan fingerprint density at radius 3 is 2.86 bits per heavy atom. The molecular weight excluding hydrogens is 270 g/mol. The third-order valence-electron chi connectivity index (χ3n) is 3.32. The van der Waals surface area contributed by atoms with Gasteiger partial charge >= 0.3 is 5.97 Å². The molecule has 0 aliphatic rings. The van der Waals surface area contributed by atoms with Crippen LogP contribution in [0.1, 0.15) is 16.1 Å². The van der Waals surface area contributed by atoms with E-state index in [4.69, 9.17) is 9.84 Å². The van der Waals surface area contributed by atoms with Gasteiger partial charge in [-0.25, -0.2) is 14.3 Å². The molecule has 6 heteroatoms. The van der Waals surface area contributed by atoms with Crippen molar-refractivity contribution in [1.29, 1.82) is 0 Å². The van der Waals surface area contributed by atoms with Crippen LogP contribution in [0.2, 0.25) is 0 Å². The van der Waals surface area contributed by atoms with Crippen LogP contribution in [-0.2, 0) is 0 Å². The minimum absolute atomic E-state index is 0.141. The molecule has 0 aliphatic heterocycles. The lowest BCUT2D eigenvalue weighted by Gasteiger charge is -2.02. The Balaban J connectivity index is 2.17. The number of carboxylic acid groups (broad SMARTS) is 1. The summed E-state index contributed by atoms with van der Waals surface area (Å²) in [7, 11) is 1.60. The number of carbonyl (C=O) groups is 1. The highest BCUT2D eigenvalue weighted by atomic mass is 16.5. The van der Waals surface area contributed by atoms with E-state index >= 15 is 0 Å². The molecule has 0 fully saturated rings. The van der Waals surface area contributed by atoms with E-state index in [1.807, 2.05) is 30.3 Å². The summed E-state index contributed by atoms with van der Waals surface area (Å²) in [4.78, 5) is 15.3. The normalized spacial score (nSPS) is 10.8. The van der Waals surface area contributed by atoms with Crippen molar-refractivity contribution in [2.75, 3.05) is 7.11 Å². The van der Waals surface area contributed by atoms with Crippen molar-refractivity contribution < 1.29 is 14.6 Å². The number of aryl methyl sites for hydroxylation is 1. The molecule has 0 saturated heterocycles. The maximum atomic E-state index is 11.1. The second-order valence-electron chi connectivity index (χ2n) is 4.59. The lowest BCUT2D eigenvalue weighted by Crippen LogP contribution is -2.06. The second kappa shape index (κ2) is 4.90. The molecule has 0 aliphatic carbocycles. The second-order valence-corrected chi connectivity index (χ2v) is 4.59. The van der Waals surface area contributed by atoms with Crippen molar-refractivity contribution in [3.05, 3.63) is 47.8 Å². The topological polar surface area (TPSA) is 76.7 Å². The van der Waals surface area contributed by atoms with Crippen molar-refractivity contribution in [3.63, 3.8) is 0 Å². The molecule has 0 saturated carbocycles. The van der Waals surface area contributed by atoms with E-state index in [1.165, 1.54) is 10.7 Å². The van der Waals surface area contributed by atoms with Gasteiger partial charge in [-0.15, -0.1) is 0 Å². The molecule has 3 rings (SSSR count). The lowest BCUT2D eigenvalue weighted by molar-refractivity contribution is 0.0695. The summed E-state index contributed by atoms with van der Waals surface area (Å²) in [5.74, 6) is -0.277. The lowest BCUT2D eigenvalue weighted by atomic mass is 10.1. The first-order chi connectivity index (χ1) is 10.1. The summed E-state index contributed by atoms with van der Waals surface area (Å²) in [6.45, 7) is 1.71. The Labute approximate surface area is 120 Å². The van der Waals surface area contributed by atoms with E-state index in [0.717, 1.165) is 11.3 Å². The number of methoxy groups -OCH3 is 1. The number of aromatic nitrogens is 3. The smallest absolute Gasteiger partial charge is 0.339 e. The molecule has 6 nitrogen and oxygen atoms in total. The minimum atomic E-state index is -1.01. The predicted molar refractivity (Wildman–Crippen MR) is 76.7 cm³/mol. The highest BCUT2D eigenvalue weighted by Crippen LogP contribution is 2.24. The molecule has 0 unspecified atom stereocenters. The van der Waals surface area contributed by atoms with Crippen LogP contribution in [0.15, 0.2) is 36.5 Å². The fraction of sp³-hybridized carbons (Fsp3) is 0.133. The summed E-state index contributed by atoms with van der Waals surface area (Å²) >= 11 is 0. The number of carboxylic acids is 1. The van der Waals surface area contributed by atoms with E-state index in [-0.39, 0.29) is 5.56 Å². The first kappa shape index (κ1) is 13.1. The number of fused-ring (bicyclic) bond motifs is 1. The maximum absolute atomic E-state index is 11.1. The van der Waals surface area contributed by atoms with Gasteiger partial charge in [-0.3, -0.25) is 0 Å². The van der Waals surface area contributed by atoms with Crippen LogP contribution in [-0.4, -0.2) is 32.8 Å². The number of rotatable bonds is 3. The Bertz CT molecular complexity index is 839. The van der Waals surface area contributed by atoms with Gasteiger partial charge in [0.2, 0.25) is 0 Å². The van der Waals surface area contributed by atoms with E-state index in [9.17, 15) is 4.79 Å². The van der Waals surface area contributed by atoms with Crippen LogP contribution in [0, 0.1) is 6.92 Å². The fourth-order valence-corrected chi connectivity index (χ4v) is 2.18. The van der Waals surface area contributed by atoms with Crippen molar-refractivity contribution in [3.8, 4) is 17.0 Å². The number of benzene rings is 1. The van der Waals surface area contributed by atoms with Crippen LogP contribution in [0.5, 0.6) is 5.75 Å². The first-order valence-electron chi connectivity index (χ1n) is 6.33. The molecule has 0 radical (unpaired) electrons. The van der Waals surface area contributed by atoms with Gasteiger partial charge < -0.3 is 9.84 Å². The first-order valence-corrected chi connectivity index (χ1v) is 6.33. The van der Waals surface area contributed by atoms with E-state index in [1.54, 1.807) is 14.0 Å². The molecule has 21 heavy (non-hydrogen) atoms. The molecule has 2 heterocycles. The van der Waals surface area contributed by atoms with Crippen LogP contribution < -0.4 is 4.74 Å². The fourth-order valence-electron chi connectivity index (χ4n) is 2.18. The molecule has 0 amide bonds. The zero-order chi connectivity index (χ0) is 15.0. The number of hydrogen-bond donors (Lipinski definition) is 1. The third kappa shape index (κ3) is 2.20. The maximum Gasteiger partial charge on any atom is 0.339 e. The molecule has 1 aromatic carbocycles. The molecule has 0 atom stereocenters. The molecule has 2 aromatic heterocycles. The highest BCUT2D eigenvalue weighted by molar-refractivity contribution is 5.88. The van der Waals surface area contributed by atoms with Crippen LogP contribution in [0.3, 0.4) is 0 Å². The standard InChI is InChI=1S/C15H13N3O3/c1-9-12(15(19)20)8-16-14-7-13(17-18(9)14)10-4-3-5-11(6-10)21-2/h3-8H,1-2H3,(H,19,20). The Kier molecular flexibility index (Phi) is 3.06. The highest BCUT2D eigenvalue weighted by Gasteiger charge is 2.14. The molecule has 106 valence electrons. The SMILES string of the molecule is COc1cccc(-c2cc3ncc(C(=O)O)c(C)n3n2)c1. The Morgan fingerprint density at radius 2 is 2.14 bits per heavy atom. The van der Waals surface area contributed by atoms with Gasteiger partial charge in [0.25, 0.3) is 0 Å². The van der Waals surface area contributed by atoms with Gasteiger partial charge in [0.1, 0.15) is 5.75 Å². The molecule has 1 N–H and O–H groups in total. The average Bonchev–Trinajstić information content (AvgIpc) is 2.92. The molecular formula is C15H13N3O3. The van der Waals surface area contributed by atoms with Crippen LogP contribution in [0.4, 0.5) is 0 Å². The zero-order valence-electron chi connectivity index (χ0n) is 11.6. The quantitative estimate of drug-likeness (QED) is 0.798. The largest absolute Gasteiger partial charge is 0.497 e. The van der Waals surface area contributed by atoms with Gasteiger partial charge in [0.15, 0.2) is 5.65 Å². The summed E-state index contributed by atoms with van der Waals surface area (Å²) in [5.41, 5.74) is 2.89. The van der Waals surface area contributed by atoms with Gasteiger partial charge in [-0.05, 0) is 19.1 Å². The molecule has 0 bridgehead atoms. The van der Waals surface area contributed by atoms with Crippen LogP contribution >= 0.6 is 0 Å². The van der Waals surface area contributed by atoms with Crippen LogP contribution in [0.25, 0.3) is 16.9 Å². The zero-order valence-corrected chi connectivity index (χ0v) is 11.6. The predicted octanol–water partition coefficient (Wildman–Crippen LogP) is 2.41. The van der Waals surface area contributed by atoms with E-state index in [2.05, 4.69) is 10.1 Å². The van der Waals surface area contributed by atoms with E-state index in [0.29, 0.717) is 17.0 Å². The van der Waals surface area contributed by atoms with Crippen molar-refractivity contribution >= 4 is 11.6 Å². The average molecular weight is 283 g/mol. The number of ether oxygens (including phenoxy) is 1. The minimum Gasteiger partial charge on any atom is -0.497 e. The van der Waals surface area contributed by atoms with Gasteiger partial charge in [-0.1, -0.05) is 12.1 Å². The number of aromatic carboxylic acids is 1. The number of nitrogens with zero attached hydrogens (tertiary/aromatic N) is 3.